The maximum atomic E-state index is 12.9. The molecule has 0 aliphatic carbocycles. The summed E-state index contributed by atoms with van der Waals surface area (Å²) in [6, 6.07) is 13.8. The number of hydrogen-bond donors (Lipinski definition) is 1. The van der Waals surface area contributed by atoms with E-state index in [1.807, 2.05) is 37.3 Å². The summed E-state index contributed by atoms with van der Waals surface area (Å²) in [6.07, 6.45) is 3.32. The fraction of sp³-hybridized carbons (Fsp3) is 0.280. The second-order valence-electron chi connectivity index (χ2n) is 8.11. The van der Waals surface area contributed by atoms with E-state index in [-0.39, 0.29) is 5.91 Å². The van der Waals surface area contributed by atoms with Crippen molar-refractivity contribution in [1.29, 1.82) is 0 Å². The molecule has 0 bridgehead atoms. The monoisotopic (exact) mass is 474 g/mol. The Morgan fingerprint density at radius 3 is 2.50 bits per heavy atom. The number of methoxy groups -OCH3 is 1. The summed E-state index contributed by atoms with van der Waals surface area (Å²) in [5, 5.41) is 3.95. The summed E-state index contributed by atoms with van der Waals surface area (Å²) in [5.74, 6) is 1.65. The molecule has 1 aliphatic heterocycles. The van der Waals surface area contributed by atoms with E-state index in [2.05, 4.69) is 42.2 Å². The lowest BCUT2D eigenvalue weighted by Gasteiger charge is -2.37. The zero-order valence-electron chi connectivity index (χ0n) is 19.2. The molecule has 8 nitrogen and oxygen atoms in total. The molecule has 4 aromatic rings. The summed E-state index contributed by atoms with van der Waals surface area (Å²) >= 11 is 1.41. The van der Waals surface area contributed by atoms with Crippen LogP contribution < -0.4 is 19.9 Å². The maximum absolute atomic E-state index is 12.9. The van der Waals surface area contributed by atoms with Crippen molar-refractivity contribution in [1.82, 2.24) is 20.3 Å². The molecule has 4 heterocycles. The molecule has 1 fully saturated rings. The molecule has 3 aromatic heterocycles. The first-order valence-electron chi connectivity index (χ1n) is 11.2. The van der Waals surface area contributed by atoms with Crippen LogP contribution in [-0.4, -0.2) is 54.1 Å². The van der Waals surface area contributed by atoms with Gasteiger partial charge in [0.05, 0.1) is 29.6 Å². The highest BCUT2D eigenvalue weighted by molar-refractivity contribution is 7.20. The number of hydrogen-bond acceptors (Lipinski definition) is 8. The Morgan fingerprint density at radius 1 is 1.03 bits per heavy atom. The van der Waals surface area contributed by atoms with Crippen LogP contribution in [0.2, 0.25) is 0 Å². The standard InChI is InChI=1S/C25H26N6O2S/c1-17-21-23(31-13-11-30(12-14-31)19-6-8-20(33-2)9-7-19)28-16-29-25(21)34-22(17)24(32)27-15-18-5-3-4-10-26-18/h3-10,16H,11-15H2,1-2H3,(H,27,32). The predicted molar refractivity (Wildman–Crippen MR) is 135 cm³/mol. The number of fused-ring (bicyclic) bond motifs is 1. The lowest BCUT2D eigenvalue weighted by atomic mass is 10.1. The molecule has 1 N–H and O–H groups in total. The number of aryl methyl sites for hydroxylation is 1. The van der Waals surface area contributed by atoms with Crippen LogP contribution in [-0.2, 0) is 6.54 Å². The predicted octanol–water partition coefficient (Wildman–Crippen LogP) is 3.66. The Balaban J connectivity index is 1.32. The highest BCUT2D eigenvalue weighted by Crippen LogP contribution is 2.35. The number of nitrogens with one attached hydrogen (secondary N) is 1. The van der Waals surface area contributed by atoms with Crippen molar-refractivity contribution in [2.45, 2.75) is 13.5 Å². The van der Waals surface area contributed by atoms with Gasteiger partial charge in [-0.15, -0.1) is 11.3 Å². The fourth-order valence-corrected chi connectivity index (χ4v) is 5.29. The number of anilines is 2. The lowest BCUT2D eigenvalue weighted by Crippen LogP contribution is -2.46. The molecule has 174 valence electrons. The number of ether oxygens (including phenoxy) is 1. The molecule has 1 aromatic carbocycles. The third kappa shape index (κ3) is 4.38. The normalized spacial score (nSPS) is 13.8. The van der Waals surface area contributed by atoms with Crippen LogP contribution in [0.15, 0.2) is 55.0 Å². The van der Waals surface area contributed by atoms with Gasteiger partial charge in [0.25, 0.3) is 5.91 Å². The Bertz CT molecular complexity index is 1280. The summed E-state index contributed by atoms with van der Waals surface area (Å²) in [4.78, 5) is 32.5. The number of rotatable bonds is 6. The molecule has 1 amide bonds. The minimum Gasteiger partial charge on any atom is -0.497 e. The van der Waals surface area contributed by atoms with E-state index in [1.165, 1.54) is 17.0 Å². The molecule has 0 saturated carbocycles. The number of piperazine rings is 1. The molecular weight excluding hydrogens is 448 g/mol. The van der Waals surface area contributed by atoms with Crippen LogP contribution in [0, 0.1) is 6.92 Å². The molecule has 1 saturated heterocycles. The van der Waals surface area contributed by atoms with Crippen LogP contribution in [0.3, 0.4) is 0 Å². The Morgan fingerprint density at radius 2 is 1.79 bits per heavy atom. The Labute approximate surface area is 202 Å². The van der Waals surface area contributed by atoms with Crippen LogP contribution >= 0.6 is 11.3 Å². The van der Waals surface area contributed by atoms with Crippen LogP contribution in [0.25, 0.3) is 10.2 Å². The summed E-state index contributed by atoms with van der Waals surface area (Å²) in [5.41, 5.74) is 2.93. The van der Waals surface area contributed by atoms with Crippen molar-refractivity contribution in [3.8, 4) is 5.75 Å². The van der Waals surface area contributed by atoms with Crippen LogP contribution in [0.4, 0.5) is 11.5 Å². The summed E-state index contributed by atoms with van der Waals surface area (Å²) in [7, 11) is 1.68. The molecule has 0 spiro atoms. The van der Waals surface area contributed by atoms with E-state index in [1.54, 1.807) is 19.6 Å². The molecule has 0 atom stereocenters. The van der Waals surface area contributed by atoms with E-state index >= 15 is 0 Å². The Kier molecular flexibility index (Phi) is 6.27. The molecule has 34 heavy (non-hydrogen) atoms. The van der Waals surface area contributed by atoms with Gasteiger partial charge >= 0.3 is 0 Å². The highest BCUT2D eigenvalue weighted by Gasteiger charge is 2.24. The van der Waals surface area contributed by atoms with Gasteiger partial charge in [0.2, 0.25) is 0 Å². The van der Waals surface area contributed by atoms with E-state index in [9.17, 15) is 4.79 Å². The molecule has 0 radical (unpaired) electrons. The smallest absolute Gasteiger partial charge is 0.262 e. The summed E-state index contributed by atoms with van der Waals surface area (Å²) in [6.45, 7) is 5.83. The van der Waals surface area contributed by atoms with E-state index in [4.69, 9.17) is 4.74 Å². The minimum absolute atomic E-state index is 0.110. The number of nitrogens with zero attached hydrogens (tertiary/aromatic N) is 5. The zero-order valence-corrected chi connectivity index (χ0v) is 20.0. The quantitative estimate of drug-likeness (QED) is 0.457. The number of benzene rings is 1. The van der Waals surface area contributed by atoms with Gasteiger partial charge in [-0.1, -0.05) is 6.07 Å². The van der Waals surface area contributed by atoms with Crippen molar-refractivity contribution in [3.05, 3.63) is 71.1 Å². The number of thiophene rings is 1. The van der Waals surface area contributed by atoms with E-state index in [0.717, 1.165) is 59.2 Å². The fourth-order valence-electron chi connectivity index (χ4n) is 4.23. The number of aromatic nitrogens is 3. The maximum Gasteiger partial charge on any atom is 0.262 e. The second kappa shape index (κ2) is 9.64. The van der Waals surface area contributed by atoms with Gasteiger partial charge in [0.1, 0.15) is 22.7 Å². The molecule has 1 aliphatic rings. The average Bonchev–Trinajstić information content (AvgIpc) is 3.25. The largest absolute Gasteiger partial charge is 0.497 e. The number of carbonyl (C=O) groups excluding carboxylic acids is 1. The number of carbonyl (C=O) groups is 1. The first-order chi connectivity index (χ1) is 16.6. The van der Waals surface area contributed by atoms with Gasteiger partial charge in [-0.25, -0.2) is 9.97 Å². The lowest BCUT2D eigenvalue weighted by molar-refractivity contribution is 0.0954. The van der Waals surface area contributed by atoms with Gasteiger partial charge in [-0.2, -0.15) is 0 Å². The molecule has 5 rings (SSSR count). The average molecular weight is 475 g/mol. The van der Waals surface area contributed by atoms with Crippen LogP contribution in [0.1, 0.15) is 20.9 Å². The van der Waals surface area contributed by atoms with Crippen LogP contribution in [0.5, 0.6) is 5.75 Å². The first-order valence-corrected chi connectivity index (χ1v) is 12.0. The Hall–Kier alpha value is -3.72. The number of pyridine rings is 1. The van der Waals surface area contributed by atoms with E-state index in [0.29, 0.717) is 11.4 Å². The molecule has 0 unspecified atom stereocenters. The summed E-state index contributed by atoms with van der Waals surface area (Å²) < 4.78 is 5.27. The molecular formula is C25H26N6O2S. The zero-order chi connectivity index (χ0) is 23.5. The second-order valence-corrected chi connectivity index (χ2v) is 9.11. The van der Waals surface area contributed by atoms with Crippen molar-refractivity contribution in [2.24, 2.45) is 0 Å². The van der Waals surface area contributed by atoms with Crippen molar-refractivity contribution in [2.75, 3.05) is 43.1 Å². The topological polar surface area (TPSA) is 83.5 Å². The van der Waals surface area contributed by atoms with E-state index < -0.39 is 0 Å². The van der Waals surface area contributed by atoms with Crippen molar-refractivity contribution in [3.63, 3.8) is 0 Å². The van der Waals surface area contributed by atoms with Crippen molar-refractivity contribution >= 4 is 39.0 Å². The van der Waals surface area contributed by atoms with Gasteiger partial charge in [0, 0.05) is 38.1 Å². The molecule has 9 heteroatoms. The first kappa shape index (κ1) is 22.1. The van der Waals surface area contributed by atoms with Gasteiger partial charge in [-0.05, 0) is 48.9 Å². The minimum atomic E-state index is -0.110. The number of amides is 1. The third-order valence-corrected chi connectivity index (χ3v) is 7.28. The SMILES string of the molecule is COc1ccc(N2CCN(c3ncnc4sc(C(=O)NCc5ccccn5)c(C)c34)CC2)cc1. The van der Waals surface area contributed by atoms with Crippen molar-refractivity contribution < 1.29 is 9.53 Å². The third-order valence-electron chi connectivity index (χ3n) is 6.09. The van der Waals surface area contributed by atoms with Gasteiger partial charge in [-0.3, -0.25) is 9.78 Å². The van der Waals surface area contributed by atoms with Gasteiger partial charge < -0.3 is 19.9 Å². The van der Waals surface area contributed by atoms with Gasteiger partial charge in [0.15, 0.2) is 0 Å². The highest BCUT2D eigenvalue weighted by atomic mass is 32.1.